The molecule has 0 spiro atoms. The topological polar surface area (TPSA) is 92.2 Å². The third kappa shape index (κ3) is 3.60. The highest BCUT2D eigenvalue weighted by molar-refractivity contribution is 6.33. The van der Waals surface area contributed by atoms with E-state index in [9.17, 15) is 9.50 Å². The van der Waals surface area contributed by atoms with Crippen molar-refractivity contribution in [2.24, 2.45) is 0 Å². The second kappa shape index (κ2) is 8.03. The first-order valence-electron chi connectivity index (χ1n) is 9.96. The Hall–Kier alpha value is -2.39. The predicted molar refractivity (Wildman–Crippen MR) is 112 cm³/mol. The van der Waals surface area contributed by atoms with Crippen molar-refractivity contribution in [3.8, 4) is 11.3 Å². The van der Waals surface area contributed by atoms with Crippen LogP contribution in [0.4, 0.5) is 10.3 Å². The van der Waals surface area contributed by atoms with E-state index < -0.39 is 11.9 Å². The van der Waals surface area contributed by atoms with Crippen LogP contribution in [0.5, 0.6) is 0 Å². The normalized spacial score (nSPS) is 21.4. The molecule has 0 amide bonds. The number of fused-ring (bicyclic) bond motifs is 3. The number of rotatable bonds is 3. The summed E-state index contributed by atoms with van der Waals surface area (Å²) in [7, 11) is 0. The maximum absolute atomic E-state index is 14.9. The Bertz CT molecular complexity index is 1110. The number of halogens is 2. The van der Waals surface area contributed by atoms with Gasteiger partial charge in [-0.15, -0.1) is 0 Å². The third-order valence-electron chi connectivity index (χ3n) is 5.66. The van der Waals surface area contributed by atoms with Gasteiger partial charge in [0.1, 0.15) is 11.3 Å². The second-order valence-electron chi connectivity index (χ2n) is 7.61. The highest BCUT2D eigenvalue weighted by Gasteiger charge is 2.25. The Labute approximate surface area is 177 Å². The summed E-state index contributed by atoms with van der Waals surface area (Å²) in [4.78, 5) is 13.1. The number of anilines is 1. The van der Waals surface area contributed by atoms with Crippen LogP contribution >= 0.6 is 11.6 Å². The molecule has 1 fully saturated rings. The molecule has 0 aliphatic carbocycles. The van der Waals surface area contributed by atoms with E-state index in [0.717, 1.165) is 29.5 Å². The minimum Gasteiger partial charge on any atom is -0.389 e. The van der Waals surface area contributed by atoms with E-state index in [2.05, 4.69) is 25.6 Å². The Morgan fingerprint density at radius 1 is 1.27 bits per heavy atom. The van der Waals surface area contributed by atoms with Gasteiger partial charge in [-0.05, 0) is 42.6 Å². The molecule has 1 aromatic carbocycles. The summed E-state index contributed by atoms with van der Waals surface area (Å²) in [6, 6.07) is 3.07. The van der Waals surface area contributed by atoms with Gasteiger partial charge < -0.3 is 20.5 Å². The molecule has 0 saturated carbocycles. The molecule has 4 heterocycles. The lowest BCUT2D eigenvalue weighted by Crippen LogP contribution is -2.42. The van der Waals surface area contributed by atoms with Gasteiger partial charge in [0.25, 0.3) is 0 Å². The molecule has 0 bridgehead atoms. The number of aliphatic hydroxyl groups excluding tert-OH is 1. The summed E-state index contributed by atoms with van der Waals surface area (Å²) in [5, 5.41) is 17.7. The lowest BCUT2D eigenvalue weighted by molar-refractivity contribution is -0.0136. The minimum atomic E-state index is -0.648. The largest absolute Gasteiger partial charge is 0.389 e. The Morgan fingerprint density at radius 2 is 2.17 bits per heavy atom. The van der Waals surface area contributed by atoms with E-state index in [1.165, 1.54) is 12.3 Å². The number of hydrogen-bond donors (Lipinski definition) is 3. The number of aliphatic hydroxyl groups is 1. The van der Waals surface area contributed by atoms with Crippen LogP contribution in [0.2, 0.25) is 5.02 Å². The van der Waals surface area contributed by atoms with Gasteiger partial charge in [-0.1, -0.05) is 11.6 Å². The van der Waals surface area contributed by atoms with Crippen LogP contribution in [0.1, 0.15) is 17.5 Å². The Morgan fingerprint density at radius 3 is 3.03 bits per heavy atom. The predicted octanol–water partition coefficient (Wildman–Crippen LogP) is 2.69. The van der Waals surface area contributed by atoms with E-state index in [4.69, 9.17) is 16.3 Å². The SMILES string of the molecule is O[C@@H]1COCC[C@H]1Nc1ncc(Cl)c(-c2cc(F)c3ncc4c(c3c2)CNCC4)n1. The molecule has 5 rings (SSSR count). The molecule has 2 aliphatic rings. The van der Waals surface area contributed by atoms with Crippen molar-refractivity contribution in [3.05, 3.63) is 46.5 Å². The standard InChI is InChI=1S/C21H21ClFN5O2/c22-15-9-26-21(27-17-2-4-30-10-18(17)29)28-19(15)12-5-13-14-8-24-3-1-11(14)7-25-20(13)16(23)6-12/h5-7,9,17-18,24,29H,1-4,8,10H2,(H,26,27,28)/t17-,18-/m1/s1. The summed E-state index contributed by atoms with van der Waals surface area (Å²) in [5.74, 6) is -0.0874. The lowest BCUT2D eigenvalue weighted by Gasteiger charge is -2.28. The summed E-state index contributed by atoms with van der Waals surface area (Å²) >= 11 is 6.38. The summed E-state index contributed by atoms with van der Waals surface area (Å²) in [5.41, 5.74) is 3.51. The fraction of sp³-hybridized carbons (Fsp3) is 0.381. The van der Waals surface area contributed by atoms with Crippen molar-refractivity contribution in [2.45, 2.75) is 31.5 Å². The van der Waals surface area contributed by atoms with E-state index >= 15 is 0 Å². The van der Waals surface area contributed by atoms with E-state index in [0.29, 0.717) is 47.3 Å². The van der Waals surface area contributed by atoms with Crippen molar-refractivity contribution >= 4 is 28.5 Å². The second-order valence-corrected chi connectivity index (χ2v) is 8.02. The van der Waals surface area contributed by atoms with E-state index in [-0.39, 0.29) is 12.6 Å². The zero-order valence-electron chi connectivity index (χ0n) is 16.2. The van der Waals surface area contributed by atoms with Crippen LogP contribution < -0.4 is 10.6 Å². The third-order valence-corrected chi connectivity index (χ3v) is 5.93. The van der Waals surface area contributed by atoms with Gasteiger partial charge >= 0.3 is 0 Å². The molecule has 0 unspecified atom stereocenters. The molecular formula is C21H21ClFN5O2. The number of aromatic nitrogens is 3. The first kappa shape index (κ1) is 19.6. The summed E-state index contributed by atoms with van der Waals surface area (Å²) in [6.07, 6.45) is 4.10. The average Bonchev–Trinajstić information content (AvgIpc) is 2.76. The highest BCUT2D eigenvalue weighted by Crippen LogP contribution is 2.33. The van der Waals surface area contributed by atoms with Crippen molar-refractivity contribution in [2.75, 3.05) is 25.1 Å². The maximum atomic E-state index is 14.9. The minimum absolute atomic E-state index is 0.219. The van der Waals surface area contributed by atoms with Crippen molar-refractivity contribution in [1.82, 2.24) is 20.3 Å². The van der Waals surface area contributed by atoms with Crippen molar-refractivity contribution in [3.63, 3.8) is 0 Å². The molecular weight excluding hydrogens is 409 g/mol. The molecule has 156 valence electrons. The first-order chi connectivity index (χ1) is 14.6. The van der Waals surface area contributed by atoms with Gasteiger partial charge in [0, 0.05) is 30.3 Å². The van der Waals surface area contributed by atoms with Crippen LogP contribution in [0.3, 0.4) is 0 Å². The zero-order valence-corrected chi connectivity index (χ0v) is 16.9. The molecule has 2 aromatic heterocycles. The molecule has 3 N–H and O–H groups in total. The van der Waals surface area contributed by atoms with E-state index in [1.807, 2.05) is 6.07 Å². The molecule has 0 radical (unpaired) electrons. The highest BCUT2D eigenvalue weighted by atomic mass is 35.5. The first-order valence-corrected chi connectivity index (χ1v) is 10.3. The van der Waals surface area contributed by atoms with Crippen LogP contribution in [0.15, 0.2) is 24.5 Å². The number of ether oxygens (including phenoxy) is 1. The number of pyridine rings is 1. The van der Waals surface area contributed by atoms with Gasteiger partial charge in [-0.25, -0.2) is 14.4 Å². The molecule has 30 heavy (non-hydrogen) atoms. The molecule has 2 atom stereocenters. The molecule has 3 aromatic rings. The summed E-state index contributed by atoms with van der Waals surface area (Å²) < 4.78 is 20.2. The molecule has 7 nitrogen and oxygen atoms in total. The molecule has 2 aliphatic heterocycles. The van der Waals surface area contributed by atoms with Gasteiger partial charge in [-0.2, -0.15) is 0 Å². The quantitative estimate of drug-likeness (QED) is 0.589. The van der Waals surface area contributed by atoms with Gasteiger partial charge in [0.05, 0.1) is 35.7 Å². The number of benzene rings is 1. The average molecular weight is 430 g/mol. The molecule has 9 heteroatoms. The summed E-state index contributed by atoms with van der Waals surface area (Å²) in [6.45, 7) is 2.37. The van der Waals surface area contributed by atoms with Crippen molar-refractivity contribution < 1.29 is 14.2 Å². The van der Waals surface area contributed by atoms with Gasteiger partial charge in [-0.3, -0.25) is 4.98 Å². The number of nitrogens with zero attached hydrogens (tertiary/aromatic N) is 3. The van der Waals surface area contributed by atoms with Gasteiger partial charge in [0.15, 0.2) is 0 Å². The zero-order chi connectivity index (χ0) is 20.7. The molecule has 1 saturated heterocycles. The number of hydrogen-bond acceptors (Lipinski definition) is 7. The lowest BCUT2D eigenvalue weighted by atomic mass is 9.96. The van der Waals surface area contributed by atoms with E-state index in [1.54, 1.807) is 6.20 Å². The fourth-order valence-electron chi connectivity index (χ4n) is 4.05. The smallest absolute Gasteiger partial charge is 0.223 e. The van der Waals surface area contributed by atoms with Crippen LogP contribution in [0, 0.1) is 5.82 Å². The van der Waals surface area contributed by atoms with Gasteiger partial charge in [0.2, 0.25) is 5.95 Å². The Balaban J connectivity index is 1.56. The van der Waals surface area contributed by atoms with Crippen LogP contribution in [-0.4, -0.2) is 52.0 Å². The van der Waals surface area contributed by atoms with Crippen LogP contribution in [-0.2, 0) is 17.7 Å². The Kier molecular flexibility index (Phi) is 5.24. The fourth-order valence-corrected chi connectivity index (χ4v) is 4.25. The van der Waals surface area contributed by atoms with Crippen molar-refractivity contribution in [1.29, 1.82) is 0 Å². The number of nitrogens with one attached hydrogen (secondary N) is 2. The maximum Gasteiger partial charge on any atom is 0.223 e. The van der Waals surface area contributed by atoms with Crippen LogP contribution in [0.25, 0.3) is 22.2 Å². The monoisotopic (exact) mass is 429 g/mol.